The van der Waals surface area contributed by atoms with Crippen molar-refractivity contribution in [1.29, 1.82) is 0 Å². The van der Waals surface area contributed by atoms with Crippen molar-refractivity contribution in [3.8, 4) is 11.1 Å². The van der Waals surface area contributed by atoms with E-state index in [9.17, 15) is 0 Å². The largest absolute Gasteiger partial charge is 0.334 e. The molecule has 0 aromatic heterocycles. The summed E-state index contributed by atoms with van der Waals surface area (Å²) in [6.07, 6.45) is 8.01. The summed E-state index contributed by atoms with van der Waals surface area (Å²) in [6, 6.07) is 35.8. The Balaban J connectivity index is 1.41. The number of aryl methyl sites for hydroxylation is 1. The van der Waals surface area contributed by atoms with Crippen LogP contribution in [0.3, 0.4) is 0 Å². The minimum Gasteiger partial charge on any atom is -0.334 e. The van der Waals surface area contributed by atoms with E-state index in [1.807, 2.05) is 0 Å². The lowest BCUT2D eigenvalue weighted by Crippen LogP contribution is -2.30. The minimum atomic E-state index is -0.0102. The van der Waals surface area contributed by atoms with Crippen molar-refractivity contribution < 1.29 is 0 Å². The summed E-state index contributed by atoms with van der Waals surface area (Å²) in [5, 5.41) is 0. The summed E-state index contributed by atoms with van der Waals surface area (Å²) >= 11 is 0. The summed E-state index contributed by atoms with van der Waals surface area (Å²) < 4.78 is 0. The molecule has 0 fully saturated rings. The van der Waals surface area contributed by atoms with Crippen molar-refractivity contribution in [3.05, 3.63) is 138 Å². The first-order valence-corrected chi connectivity index (χ1v) is 12.6. The van der Waals surface area contributed by atoms with Gasteiger partial charge in [0.25, 0.3) is 0 Å². The molecule has 0 spiro atoms. The lowest BCUT2D eigenvalue weighted by molar-refractivity contribution is 0.659. The van der Waals surface area contributed by atoms with Gasteiger partial charge in [-0.3, -0.25) is 0 Å². The fourth-order valence-electron chi connectivity index (χ4n) is 5.72. The number of rotatable bonds is 4. The van der Waals surface area contributed by atoms with E-state index in [4.69, 9.17) is 0 Å². The third kappa shape index (κ3) is 3.72. The normalized spacial score (nSPS) is 17.5. The summed E-state index contributed by atoms with van der Waals surface area (Å²) in [7, 11) is 0. The van der Waals surface area contributed by atoms with E-state index in [1.165, 1.54) is 50.3 Å². The number of allylic oxidation sites excluding steroid dienone is 2. The van der Waals surface area contributed by atoms with E-state index >= 15 is 0 Å². The van der Waals surface area contributed by atoms with E-state index in [0.29, 0.717) is 0 Å². The van der Waals surface area contributed by atoms with Gasteiger partial charge in [-0.25, -0.2) is 0 Å². The van der Waals surface area contributed by atoms with Crippen LogP contribution in [0.25, 0.3) is 16.7 Å². The Bertz CT molecular complexity index is 1440. The molecular formula is C34H31N. The van der Waals surface area contributed by atoms with Crippen molar-refractivity contribution in [2.24, 2.45) is 0 Å². The molecule has 1 atom stereocenters. The molecule has 0 saturated carbocycles. The van der Waals surface area contributed by atoms with E-state index < -0.39 is 0 Å². The van der Waals surface area contributed by atoms with E-state index in [0.717, 1.165) is 6.42 Å². The van der Waals surface area contributed by atoms with Crippen LogP contribution in [0.5, 0.6) is 0 Å². The van der Waals surface area contributed by atoms with Gasteiger partial charge in [0.05, 0.1) is 6.04 Å². The lowest BCUT2D eigenvalue weighted by atomic mass is 9.82. The van der Waals surface area contributed by atoms with Gasteiger partial charge >= 0.3 is 0 Å². The highest BCUT2D eigenvalue weighted by Crippen LogP contribution is 2.50. The number of nitrogens with zero attached hydrogens (tertiary/aromatic N) is 1. The highest BCUT2D eigenvalue weighted by molar-refractivity contribution is 5.84. The van der Waals surface area contributed by atoms with Crippen LogP contribution in [0.4, 0.5) is 11.4 Å². The van der Waals surface area contributed by atoms with Gasteiger partial charge in [0.1, 0.15) is 0 Å². The van der Waals surface area contributed by atoms with Crippen LogP contribution < -0.4 is 4.90 Å². The first kappa shape index (κ1) is 21.7. The average Bonchev–Trinajstić information content (AvgIpc) is 3.13. The Kier molecular flexibility index (Phi) is 5.22. The van der Waals surface area contributed by atoms with Gasteiger partial charge in [-0.1, -0.05) is 110 Å². The molecule has 6 rings (SSSR count). The Morgan fingerprint density at radius 2 is 1.40 bits per heavy atom. The maximum atomic E-state index is 2.51. The van der Waals surface area contributed by atoms with Gasteiger partial charge in [-0.2, -0.15) is 0 Å². The van der Waals surface area contributed by atoms with Crippen LogP contribution in [-0.4, -0.2) is 6.04 Å². The van der Waals surface area contributed by atoms with Crippen LogP contribution in [0.15, 0.2) is 115 Å². The third-order valence-electron chi connectivity index (χ3n) is 7.67. The molecule has 2 aliphatic carbocycles. The van der Waals surface area contributed by atoms with Gasteiger partial charge in [0.2, 0.25) is 0 Å². The minimum absolute atomic E-state index is 0.0102. The molecule has 0 aliphatic heterocycles. The van der Waals surface area contributed by atoms with Gasteiger partial charge in [-0.15, -0.1) is 0 Å². The quantitative estimate of drug-likeness (QED) is 0.298. The standard InChI is InChI=1S/C34H31N/c1-24-13-17-27(18-14-24)35(28-19-15-26(16-20-28)25-9-5-4-6-10-25)29-21-22-31-30-11-7-8-12-32(30)34(2,3)33(31)23-29/h4-19,21-23,28H,20H2,1-3H3. The van der Waals surface area contributed by atoms with Crippen LogP contribution in [0.1, 0.15) is 42.5 Å². The van der Waals surface area contributed by atoms with Crippen molar-refractivity contribution in [3.63, 3.8) is 0 Å². The van der Waals surface area contributed by atoms with E-state index in [2.05, 4.69) is 141 Å². The molecule has 35 heavy (non-hydrogen) atoms. The van der Waals surface area contributed by atoms with Gasteiger partial charge in [0.15, 0.2) is 0 Å². The zero-order valence-corrected chi connectivity index (χ0v) is 20.7. The molecule has 0 N–H and O–H groups in total. The molecule has 2 aliphatic rings. The molecule has 1 nitrogen and oxygen atoms in total. The smallest absolute Gasteiger partial charge is 0.0560 e. The van der Waals surface area contributed by atoms with Gasteiger partial charge in [0, 0.05) is 16.8 Å². The predicted molar refractivity (Wildman–Crippen MR) is 149 cm³/mol. The average molecular weight is 454 g/mol. The van der Waals surface area contributed by atoms with Crippen LogP contribution in [0.2, 0.25) is 0 Å². The third-order valence-corrected chi connectivity index (χ3v) is 7.67. The molecule has 0 heterocycles. The summed E-state index contributed by atoms with van der Waals surface area (Å²) in [5.41, 5.74) is 11.9. The number of fused-ring (bicyclic) bond motifs is 3. The Morgan fingerprint density at radius 3 is 2.14 bits per heavy atom. The van der Waals surface area contributed by atoms with Crippen molar-refractivity contribution in [1.82, 2.24) is 0 Å². The topological polar surface area (TPSA) is 3.24 Å². The molecular weight excluding hydrogens is 422 g/mol. The fraction of sp³-hybridized carbons (Fsp3) is 0.176. The van der Waals surface area contributed by atoms with Crippen LogP contribution in [0, 0.1) is 6.92 Å². The Morgan fingerprint density at radius 1 is 0.714 bits per heavy atom. The second-order valence-electron chi connectivity index (χ2n) is 10.3. The maximum Gasteiger partial charge on any atom is 0.0560 e. The van der Waals surface area contributed by atoms with Gasteiger partial charge in [-0.05, 0) is 71.0 Å². The van der Waals surface area contributed by atoms with Crippen LogP contribution in [-0.2, 0) is 5.41 Å². The Hall–Kier alpha value is -3.84. The predicted octanol–water partition coefficient (Wildman–Crippen LogP) is 8.85. The van der Waals surface area contributed by atoms with Crippen molar-refractivity contribution >= 4 is 16.9 Å². The van der Waals surface area contributed by atoms with Crippen molar-refractivity contribution in [2.75, 3.05) is 4.90 Å². The SMILES string of the molecule is Cc1ccc(N(c2ccc3c(c2)C(C)(C)c2ccccc2-3)C2C=CC(c3ccccc3)=CC2)cc1. The van der Waals surface area contributed by atoms with E-state index in [1.54, 1.807) is 0 Å². The number of benzene rings is 4. The second-order valence-corrected chi connectivity index (χ2v) is 10.3. The highest BCUT2D eigenvalue weighted by Gasteiger charge is 2.36. The summed E-state index contributed by atoms with van der Waals surface area (Å²) in [6.45, 7) is 6.86. The van der Waals surface area contributed by atoms with E-state index in [-0.39, 0.29) is 11.5 Å². The maximum absolute atomic E-state index is 2.51. The molecule has 172 valence electrons. The summed E-state index contributed by atoms with van der Waals surface area (Å²) in [5.74, 6) is 0. The van der Waals surface area contributed by atoms with Crippen molar-refractivity contribution in [2.45, 2.75) is 38.6 Å². The summed E-state index contributed by atoms with van der Waals surface area (Å²) in [4.78, 5) is 2.51. The fourth-order valence-corrected chi connectivity index (χ4v) is 5.72. The van der Waals surface area contributed by atoms with Crippen LogP contribution >= 0.6 is 0 Å². The molecule has 0 amide bonds. The monoisotopic (exact) mass is 453 g/mol. The first-order valence-electron chi connectivity index (χ1n) is 12.6. The number of hydrogen-bond acceptors (Lipinski definition) is 1. The van der Waals surface area contributed by atoms with Gasteiger partial charge < -0.3 is 4.90 Å². The Labute approximate surface area is 209 Å². The molecule has 0 bridgehead atoms. The highest BCUT2D eigenvalue weighted by atomic mass is 15.2. The lowest BCUT2D eigenvalue weighted by Gasteiger charge is -2.34. The second kappa shape index (κ2) is 8.43. The molecule has 4 aromatic carbocycles. The molecule has 4 aromatic rings. The first-order chi connectivity index (χ1) is 17.0. The molecule has 0 radical (unpaired) electrons. The zero-order valence-electron chi connectivity index (χ0n) is 20.7. The molecule has 1 unspecified atom stereocenters. The zero-order chi connectivity index (χ0) is 24.0. The molecule has 0 saturated heterocycles. The number of anilines is 2. The molecule has 1 heteroatoms. The number of hydrogen-bond donors (Lipinski definition) is 0.